The van der Waals surface area contributed by atoms with Gasteiger partial charge >= 0.3 is 6.18 Å². The van der Waals surface area contributed by atoms with Crippen LogP contribution in [0.25, 0.3) is 0 Å². The number of rotatable bonds is 4. The molecule has 1 aliphatic rings. The molecule has 0 spiro atoms. The molecule has 0 fully saturated rings. The molecule has 0 bridgehead atoms. The van der Waals surface area contributed by atoms with Crippen LogP contribution in [0.3, 0.4) is 0 Å². The molecule has 1 unspecified atom stereocenters. The fraction of sp³-hybridized carbons (Fsp3) is 0.533. The van der Waals surface area contributed by atoms with Crippen molar-refractivity contribution >= 4 is 29.9 Å². The predicted octanol–water partition coefficient (Wildman–Crippen LogP) is 3.76. The molecule has 124 valence electrons. The van der Waals surface area contributed by atoms with Gasteiger partial charge in [0, 0.05) is 19.6 Å². The van der Waals surface area contributed by atoms with Gasteiger partial charge in [-0.25, -0.2) is 0 Å². The van der Waals surface area contributed by atoms with E-state index in [-0.39, 0.29) is 29.9 Å². The summed E-state index contributed by atoms with van der Waals surface area (Å²) in [5.74, 6) is 0.849. The molecule has 3 nitrogen and oxygen atoms in total. The van der Waals surface area contributed by atoms with Crippen LogP contribution in [0.2, 0.25) is 0 Å². The van der Waals surface area contributed by atoms with Crippen LogP contribution in [-0.4, -0.2) is 25.6 Å². The standard InChI is InChI=1S/C15H20F3N3.HI/c1-11(6-9-21-14-19-7-3-8-20-14)12-4-2-5-13(10-12)15(16,17)18;/h2,4-5,10-11H,3,6-9H2,1H3,(H2,19,20,21);1H. The highest BCUT2D eigenvalue weighted by Gasteiger charge is 2.30. The largest absolute Gasteiger partial charge is 0.416 e. The summed E-state index contributed by atoms with van der Waals surface area (Å²) in [6.45, 7) is 4.35. The second-order valence-electron chi connectivity index (χ2n) is 5.25. The Morgan fingerprint density at radius 1 is 1.36 bits per heavy atom. The van der Waals surface area contributed by atoms with Gasteiger partial charge in [0.2, 0.25) is 0 Å². The number of nitrogens with zero attached hydrogens (tertiary/aromatic N) is 1. The maximum absolute atomic E-state index is 12.7. The first-order valence-electron chi connectivity index (χ1n) is 7.16. The first kappa shape index (κ1) is 19.1. The molecule has 0 saturated carbocycles. The molecule has 0 amide bonds. The summed E-state index contributed by atoms with van der Waals surface area (Å²) in [6, 6.07) is 5.56. The van der Waals surface area contributed by atoms with Crippen molar-refractivity contribution in [3.63, 3.8) is 0 Å². The highest BCUT2D eigenvalue weighted by atomic mass is 127. The van der Waals surface area contributed by atoms with Gasteiger partial charge in [-0.15, -0.1) is 24.0 Å². The zero-order valence-electron chi connectivity index (χ0n) is 12.4. The van der Waals surface area contributed by atoms with Gasteiger partial charge in [-0.2, -0.15) is 13.2 Å². The number of hydrogen-bond donors (Lipinski definition) is 2. The van der Waals surface area contributed by atoms with Gasteiger partial charge in [0.1, 0.15) is 0 Å². The van der Waals surface area contributed by atoms with Crippen molar-refractivity contribution in [2.75, 3.05) is 19.6 Å². The van der Waals surface area contributed by atoms with Gasteiger partial charge in [0.25, 0.3) is 0 Å². The minimum Gasteiger partial charge on any atom is -0.356 e. The third-order valence-corrected chi connectivity index (χ3v) is 3.55. The first-order chi connectivity index (χ1) is 9.97. The van der Waals surface area contributed by atoms with Crippen molar-refractivity contribution < 1.29 is 13.2 Å². The highest BCUT2D eigenvalue weighted by molar-refractivity contribution is 14.0. The van der Waals surface area contributed by atoms with Crippen LogP contribution in [-0.2, 0) is 6.18 Å². The second-order valence-corrected chi connectivity index (χ2v) is 5.25. The van der Waals surface area contributed by atoms with E-state index < -0.39 is 11.7 Å². The lowest BCUT2D eigenvalue weighted by molar-refractivity contribution is -0.137. The maximum atomic E-state index is 12.7. The van der Waals surface area contributed by atoms with Gasteiger partial charge in [-0.1, -0.05) is 25.1 Å². The first-order valence-corrected chi connectivity index (χ1v) is 7.16. The van der Waals surface area contributed by atoms with Crippen molar-refractivity contribution in [2.24, 2.45) is 4.99 Å². The zero-order valence-corrected chi connectivity index (χ0v) is 14.7. The van der Waals surface area contributed by atoms with E-state index in [1.165, 1.54) is 12.1 Å². The van der Waals surface area contributed by atoms with Crippen LogP contribution in [0, 0.1) is 0 Å². The van der Waals surface area contributed by atoms with Gasteiger partial charge in [-0.05, 0) is 30.4 Å². The van der Waals surface area contributed by atoms with E-state index in [4.69, 9.17) is 0 Å². The van der Waals surface area contributed by atoms with E-state index in [0.717, 1.165) is 38.0 Å². The molecule has 2 rings (SSSR count). The van der Waals surface area contributed by atoms with Crippen molar-refractivity contribution in [3.05, 3.63) is 35.4 Å². The van der Waals surface area contributed by atoms with Crippen LogP contribution in [0.5, 0.6) is 0 Å². The summed E-state index contributed by atoms with van der Waals surface area (Å²) in [5.41, 5.74) is 0.128. The molecule has 0 radical (unpaired) electrons. The molecular formula is C15H21F3IN3. The number of halogens is 4. The van der Waals surface area contributed by atoms with Gasteiger partial charge < -0.3 is 10.6 Å². The SMILES string of the molecule is CC(CCNC1=NCCCN1)c1cccc(C(F)(F)F)c1.I. The van der Waals surface area contributed by atoms with E-state index >= 15 is 0 Å². The Hall–Kier alpha value is -0.990. The third-order valence-electron chi connectivity index (χ3n) is 3.55. The molecule has 0 aromatic heterocycles. The molecule has 1 aromatic carbocycles. The van der Waals surface area contributed by atoms with Crippen LogP contribution in [0.1, 0.15) is 36.8 Å². The number of hydrogen-bond acceptors (Lipinski definition) is 3. The molecule has 1 atom stereocenters. The van der Waals surface area contributed by atoms with E-state index in [2.05, 4.69) is 15.6 Å². The van der Waals surface area contributed by atoms with Crippen LogP contribution < -0.4 is 10.6 Å². The molecule has 7 heteroatoms. The molecule has 0 saturated heterocycles. The predicted molar refractivity (Wildman–Crippen MR) is 92.8 cm³/mol. The molecule has 2 N–H and O–H groups in total. The lowest BCUT2D eigenvalue weighted by Gasteiger charge is -2.18. The summed E-state index contributed by atoms with van der Waals surface area (Å²) in [5, 5.41) is 6.34. The lowest BCUT2D eigenvalue weighted by atomic mass is 9.96. The van der Waals surface area contributed by atoms with E-state index in [9.17, 15) is 13.2 Å². The van der Waals surface area contributed by atoms with E-state index in [1.54, 1.807) is 6.07 Å². The minimum atomic E-state index is -4.28. The average Bonchev–Trinajstić information content (AvgIpc) is 2.47. The second kappa shape index (κ2) is 8.59. The normalized spacial score (nSPS) is 16.1. The molecule has 1 aromatic rings. The number of alkyl halides is 3. The number of aliphatic imine (C=N–C) groups is 1. The fourth-order valence-electron chi connectivity index (χ4n) is 2.25. The Bertz CT molecular complexity index is 503. The zero-order chi connectivity index (χ0) is 15.3. The van der Waals surface area contributed by atoms with Crippen molar-refractivity contribution in [1.82, 2.24) is 10.6 Å². The third kappa shape index (κ3) is 5.66. The van der Waals surface area contributed by atoms with Crippen molar-refractivity contribution in [1.29, 1.82) is 0 Å². The minimum absolute atomic E-state index is 0. The smallest absolute Gasteiger partial charge is 0.356 e. The summed E-state index contributed by atoms with van der Waals surface area (Å²) in [6.07, 6.45) is -2.50. The van der Waals surface area contributed by atoms with Gasteiger partial charge in [-0.3, -0.25) is 4.99 Å². The van der Waals surface area contributed by atoms with Crippen LogP contribution in [0.4, 0.5) is 13.2 Å². The Balaban J connectivity index is 0.00000242. The van der Waals surface area contributed by atoms with Crippen molar-refractivity contribution in [2.45, 2.75) is 31.9 Å². The van der Waals surface area contributed by atoms with E-state index in [1.807, 2.05) is 6.92 Å². The molecule has 22 heavy (non-hydrogen) atoms. The maximum Gasteiger partial charge on any atom is 0.416 e. The molecule has 1 heterocycles. The van der Waals surface area contributed by atoms with Gasteiger partial charge in [0.05, 0.1) is 5.56 Å². The Labute approximate surface area is 145 Å². The Kier molecular flexibility index (Phi) is 7.44. The van der Waals surface area contributed by atoms with Crippen LogP contribution in [0.15, 0.2) is 29.3 Å². The average molecular weight is 427 g/mol. The molecule has 1 aliphatic heterocycles. The quantitative estimate of drug-likeness (QED) is 0.719. The van der Waals surface area contributed by atoms with Gasteiger partial charge in [0.15, 0.2) is 5.96 Å². The summed E-state index contributed by atoms with van der Waals surface area (Å²) in [4.78, 5) is 4.29. The van der Waals surface area contributed by atoms with Crippen molar-refractivity contribution in [3.8, 4) is 0 Å². The number of benzene rings is 1. The van der Waals surface area contributed by atoms with E-state index in [0.29, 0.717) is 12.1 Å². The molecular weight excluding hydrogens is 406 g/mol. The Morgan fingerprint density at radius 3 is 2.77 bits per heavy atom. The fourth-order valence-corrected chi connectivity index (χ4v) is 2.25. The topological polar surface area (TPSA) is 36.4 Å². The summed E-state index contributed by atoms with van der Waals surface area (Å²) in [7, 11) is 0. The highest BCUT2D eigenvalue weighted by Crippen LogP contribution is 2.31. The summed E-state index contributed by atoms with van der Waals surface area (Å²) < 4.78 is 38.1. The Morgan fingerprint density at radius 2 is 2.14 bits per heavy atom. The van der Waals surface area contributed by atoms with Crippen LogP contribution >= 0.6 is 24.0 Å². The number of guanidine groups is 1. The monoisotopic (exact) mass is 427 g/mol. The molecule has 0 aliphatic carbocycles. The summed E-state index contributed by atoms with van der Waals surface area (Å²) >= 11 is 0. The number of nitrogens with one attached hydrogen (secondary N) is 2. The lowest BCUT2D eigenvalue weighted by Crippen LogP contribution is -2.41.